The monoisotopic (exact) mass is 591 g/mol. The maximum absolute atomic E-state index is 13.8. The number of halogens is 3. The molecule has 4 rings (SSSR count). The Morgan fingerprint density at radius 2 is 1.66 bits per heavy atom. The highest BCUT2D eigenvalue weighted by molar-refractivity contribution is 7.86. The molecule has 0 unspecified atom stereocenters. The van der Waals surface area contributed by atoms with Gasteiger partial charge in [0.15, 0.2) is 0 Å². The second-order valence-electron chi connectivity index (χ2n) is 9.94. The molecule has 1 fully saturated rings. The highest BCUT2D eigenvalue weighted by Crippen LogP contribution is 2.38. The maximum Gasteiger partial charge on any atom is 0.573 e. The van der Waals surface area contributed by atoms with E-state index in [2.05, 4.69) is 4.74 Å². The van der Waals surface area contributed by atoms with Crippen LogP contribution in [0.3, 0.4) is 0 Å². The van der Waals surface area contributed by atoms with Crippen molar-refractivity contribution in [3.8, 4) is 5.75 Å². The second-order valence-corrected chi connectivity index (χ2v) is 11.5. The third-order valence-electron chi connectivity index (χ3n) is 6.79. The highest BCUT2D eigenvalue weighted by atomic mass is 32.2. The molecule has 3 aromatic carbocycles. The Bertz CT molecular complexity index is 1440. The molecule has 218 valence electrons. The van der Waals surface area contributed by atoms with E-state index in [0.717, 1.165) is 17.7 Å². The minimum Gasteiger partial charge on any atom is -0.459 e. The van der Waals surface area contributed by atoms with Gasteiger partial charge in [-0.25, -0.2) is 0 Å². The summed E-state index contributed by atoms with van der Waals surface area (Å²) in [6.07, 6.45) is -6.18. The van der Waals surface area contributed by atoms with Gasteiger partial charge in [-0.05, 0) is 49.1 Å². The number of hydrogen-bond donors (Lipinski definition) is 1. The molecule has 0 radical (unpaired) electrons. The molecule has 3 aromatic rings. The standard InChI is InChI=1S/C28H29BF3NO7S/c1-20-8-14-25(15-9-20)41(36,37)40-24-17-27(33(18-24)29(2)35,26(34)38-19-22-6-4-3-5-7-22)16-21-10-12-23(13-11-21)39-28(30,31)32/h3-15,24,35H,16-19H2,1-2H3/t24-,27-/m0/s1. The van der Waals surface area contributed by atoms with Crippen LogP contribution in [0.1, 0.15) is 23.1 Å². The number of nitrogens with zero attached hydrogens (tertiary/aromatic N) is 1. The lowest BCUT2D eigenvalue weighted by atomic mass is 9.76. The molecule has 0 aromatic heterocycles. The number of aryl methyl sites for hydroxylation is 1. The van der Waals surface area contributed by atoms with Crippen LogP contribution in [0, 0.1) is 6.92 Å². The number of carbonyl (C=O) groups excluding carboxylic acids is 1. The van der Waals surface area contributed by atoms with Crippen LogP contribution in [-0.2, 0) is 36.9 Å². The van der Waals surface area contributed by atoms with Crippen LogP contribution in [0.25, 0.3) is 0 Å². The number of esters is 1. The number of rotatable bonds is 10. The zero-order chi connectivity index (χ0) is 29.8. The molecule has 8 nitrogen and oxygen atoms in total. The first-order chi connectivity index (χ1) is 19.3. The summed E-state index contributed by atoms with van der Waals surface area (Å²) in [5.41, 5.74) is 0.407. The lowest BCUT2D eigenvalue weighted by Crippen LogP contribution is -2.57. The smallest absolute Gasteiger partial charge is 0.459 e. The van der Waals surface area contributed by atoms with Gasteiger partial charge in [-0.3, -0.25) is 13.8 Å². The van der Waals surface area contributed by atoms with Gasteiger partial charge in [-0.2, -0.15) is 8.42 Å². The number of ether oxygens (including phenoxy) is 2. The molecule has 0 saturated carbocycles. The van der Waals surface area contributed by atoms with Crippen LogP contribution in [0.15, 0.2) is 83.8 Å². The summed E-state index contributed by atoms with van der Waals surface area (Å²) in [6, 6.07) is 19.9. The van der Waals surface area contributed by atoms with E-state index in [9.17, 15) is 31.4 Å². The van der Waals surface area contributed by atoms with Gasteiger partial charge in [0.2, 0.25) is 0 Å². The van der Waals surface area contributed by atoms with E-state index in [4.69, 9.17) is 8.92 Å². The fourth-order valence-corrected chi connectivity index (χ4v) is 5.99. The number of benzene rings is 3. The van der Waals surface area contributed by atoms with Crippen molar-refractivity contribution in [2.45, 2.75) is 56.1 Å². The highest BCUT2D eigenvalue weighted by Gasteiger charge is 2.55. The molecule has 1 aliphatic heterocycles. The van der Waals surface area contributed by atoms with Gasteiger partial charge in [0.25, 0.3) is 10.1 Å². The lowest BCUT2D eigenvalue weighted by molar-refractivity contribution is -0.274. The first kappa shape index (κ1) is 30.6. The molecule has 1 N–H and O–H groups in total. The third kappa shape index (κ3) is 7.67. The second kappa shape index (κ2) is 12.2. The molecule has 41 heavy (non-hydrogen) atoms. The summed E-state index contributed by atoms with van der Waals surface area (Å²) in [7, 11) is -5.44. The molecule has 0 amide bonds. The molecule has 0 aliphatic carbocycles. The van der Waals surface area contributed by atoms with Gasteiger partial charge in [-0.1, -0.05) is 60.2 Å². The quantitative estimate of drug-likeness (QED) is 0.209. The third-order valence-corrected chi connectivity index (χ3v) is 8.16. The van der Waals surface area contributed by atoms with Crippen LogP contribution < -0.4 is 4.74 Å². The molecule has 1 saturated heterocycles. The molecular weight excluding hydrogens is 562 g/mol. The number of alkyl halides is 3. The van der Waals surface area contributed by atoms with E-state index in [-0.39, 0.29) is 30.9 Å². The molecule has 13 heteroatoms. The van der Waals surface area contributed by atoms with Crippen molar-refractivity contribution in [2.24, 2.45) is 0 Å². The molecular formula is C28H29BF3NO7S. The van der Waals surface area contributed by atoms with E-state index < -0.39 is 46.9 Å². The predicted octanol–water partition coefficient (Wildman–Crippen LogP) is 4.51. The Balaban J connectivity index is 1.64. The Kier molecular flexibility index (Phi) is 9.12. The van der Waals surface area contributed by atoms with Gasteiger partial charge in [0, 0.05) is 19.4 Å². The van der Waals surface area contributed by atoms with Crippen LogP contribution in [-0.4, -0.2) is 55.8 Å². The zero-order valence-electron chi connectivity index (χ0n) is 22.4. The Morgan fingerprint density at radius 3 is 2.24 bits per heavy atom. The summed E-state index contributed by atoms with van der Waals surface area (Å²) in [6.45, 7) is 3.03. The van der Waals surface area contributed by atoms with Crippen molar-refractivity contribution in [3.63, 3.8) is 0 Å². The topological polar surface area (TPSA) is 102 Å². The summed E-state index contributed by atoms with van der Waals surface area (Å²) >= 11 is 0. The van der Waals surface area contributed by atoms with Gasteiger partial charge in [0.05, 0.1) is 11.0 Å². The van der Waals surface area contributed by atoms with Crippen LogP contribution in [0.2, 0.25) is 6.82 Å². The molecule has 0 spiro atoms. The van der Waals surface area contributed by atoms with Gasteiger partial charge < -0.3 is 14.5 Å². The Hall–Kier alpha value is -3.39. The van der Waals surface area contributed by atoms with Gasteiger partial charge in [-0.15, -0.1) is 13.2 Å². The van der Waals surface area contributed by atoms with Crippen molar-refractivity contribution < 1.29 is 45.1 Å². The van der Waals surface area contributed by atoms with E-state index in [1.165, 1.54) is 35.9 Å². The van der Waals surface area contributed by atoms with Crippen molar-refractivity contribution in [3.05, 3.63) is 95.6 Å². The summed E-state index contributed by atoms with van der Waals surface area (Å²) < 4.78 is 79.2. The fraction of sp³-hybridized carbons (Fsp3) is 0.321. The first-order valence-corrected chi connectivity index (χ1v) is 14.2. The summed E-state index contributed by atoms with van der Waals surface area (Å²) in [5, 5.41) is 10.7. The molecule has 2 atom stereocenters. The van der Waals surface area contributed by atoms with Crippen LogP contribution >= 0.6 is 0 Å². The Morgan fingerprint density at radius 1 is 1.02 bits per heavy atom. The predicted molar refractivity (Wildman–Crippen MR) is 144 cm³/mol. The number of hydrogen-bond acceptors (Lipinski definition) is 8. The van der Waals surface area contributed by atoms with E-state index in [0.29, 0.717) is 11.1 Å². The van der Waals surface area contributed by atoms with Crippen LogP contribution in [0.5, 0.6) is 5.75 Å². The van der Waals surface area contributed by atoms with Crippen molar-refractivity contribution >= 4 is 23.1 Å². The largest absolute Gasteiger partial charge is 0.573 e. The normalized spacial score (nSPS) is 19.6. The minimum atomic E-state index is -4.87. The fourth-order valence-electron chi connectivity index (χ4n) is 4.92. The summed E-state index contributed by atoms with van der Waals surface area (Å²) in [5.74, 6) is -1.18. The SMILES string of the molecule is CB(O)N1C[C@@H](OS(=O)(=O)c2ccc(C)cc2)C[C@@]1(Cc1ccc(OC(F)(F)F)cc1)C(=O)OCc1ccccc1. The van der Waals surface area contributed by atoms with Gasteiger partial charge >= 0.3 is 19.4 Å². The van der Waals surface area contributed by atoms with Crippen molar-refractivity contribution in [1.82, 2.24) is 4.81 Å². The Labute approximate surface area is 236 Å². The van der Waals surface area contributed by atoms with Gasteiger partial charge in [0.1, 0.15) is 17.9 Å². The van der Waals surface area contributed by atoms with E-state index in [1.807, 2.05) is 13.0 Å². The average molecular weight is 591 g/mol. The minimum absolute atomic E-state index is 0.0592. The molecule has 0 bridgehead atoms. The summed E-state index contributed by atoms with van der Waals surface area (Å²) in [4.78, 5) is 15.1. The van der Waals surface area contributed by atoms with Crippen molar-refractivity contribution in [1.29, 1.82) is 0 Å². The molecule has 1 heterocycles. The number of carbonyl (C=O) groups is 1. The van der Waals surface area contributed by atoms with Crippen LogP contribution in [0.4, 0.5) is 13.2 Å². The van der Waals surface area contributed by atoms with E-state index in [1.54, 1.807) is 36.4 Å². The van der Waals surface area contributed by atoms with Crippen molar-refractivity contribution in [2.75, 3.05) is 6.54 Å². The first-order valence-electron chi connectivity index (χ1n) is 12.8. The molecule has 1 aliphatic rings. The average Bonchev–Trinajstić information content (AvgIpc) is 3.27. The lowest BCUT2D eigenvalue weighted by Gasteiger charge is -2.37. The van der Waals surface area contributed by atoms with E-state index >= 15 is 0 Å². The zero-order valence-corrected chi connectivity index (χ0v) is 23.2. The maximum atomic E-state index is 13.8.